The summed E-state index contributed by atoms with van der Waals surface area (Å²) in [6, 6.07) is 11.5. The van der Waals surface area contributed by atoms with Crippen molar-refractivity contribution in [3.63, 3.8) is 0 Å². The summed E-state index contributed by atoms with van der Waals surface area (Å²) in [5, 5.41) is 11.0. The van der Waals surface area contributed by atoms with Gasteiger partial charge in [0.2, 0.25) is 15.9 Å². The van der Waals surface area contributed by atoms with E-state index in [1.165, 1.54) is 16.4 Å². The highest BCUT2D eigenvalue weighted by Crippen LogP contribution is 2.29. The third-order valence-electron chi connectivity index (χ3n) is 5.56. The molecule has 0 radical (unpaired) electrons. The molecule has 30 heavy (non-hydrogen) atoms. The minimum Gasteiger partial charge on any atom is -0.315 e. The summed E-state index contributed by atoms with van der Waals surface area (Å²) in [6.45, 7) is 3.99. The molecule has 1 aliphatic rings. The molecule has 2 aromatic rings. The fraction of sp³-hybridized carbons (Fsp3) is 0.381. The summed E-state index contributed by atoms with van der Waals surface area (Å²) in [5.74, 6) is -0.309. The van der Waals surface area contributed by atoms with Crippen LogP contribution in [0.3, 0.4) is 0 Å². The van der Waals surface area contributed by atoms with E-state index in [1.54, 1.807) is 18.9 Å². The lowest BCUT2D eigenvalue weighted by Gasteiger charge is -2.32. The molecular weight excluding hydrogens is 406 g/mol. The second-order valence-electron chi connectivity index (χ2n) is 7.62. The highest BCUT2D eigenvalue weighted by molar-refractivity contribution is 7.89. The highest BCUT2D eigenvalue weighted by atomic mass is 32.2. The Morgan fingerprint density at radius 3 is 2.27 bits per heavy atom. The van der Waals surface area contributed by atoms with Gasteiger partial charge in [-0.1, -0.05) is 23.8 Å². The Bertz CT molecular complexity index is 1060. The van der Waals surface area contributed by atoms with Gasteiger partial charge in [0.05, 0.1) is 9.82 Å². The van der Waals surface area contributed by atoms with E-state index in [1.807, 2.05) is 31.2 Å². The summed E-state index contributed by atoms with van der Waals surface area (Å²) < 4.78 is 27.4. The number of hydrogen-bond donors (Lipinski definition) is 0. The minimum atomic E-state index is -3.87. The number of piperidine rings is 1. The van der Waals surface area contributed by atoms with Crippen LogP contribution in [-0.2, 0) is 14.8 Å². The fourth-order valence-electron chi connectivity index (χ4n) is 3.63. The summed E-state index contributed by atoms with van der Waals surface area (Å²) in [7, 11) is -2.15. The van der Waals surface area contributed by atoms with Crippen LogP contribution in [0.4, 0.5) is 11.4 Å². The normalized spacial score (nSPS) is 15.7. The molecule has 0 aliphatic carbocycles. The van der Waals surface area contributed by atoms with Crippen molar-refractivity contribution in [3.8, 4) is 0 Å². The SMILES string of the molecule is Cc1ccc(N(C)C(=O)C2CCN(S(=O)(=O)c3cc([N+](=O)[O-])ccc3C)CC2)cc1. The molecule has 2 aromatic carbocycles. The number of non-ortho nitro benzene ring substituents is 1. The lowest BCUT2D eigenvalue weighted by Crippen LogP contribution is -2.43. The van der Waals surface area contributed by atoms with Crippen molar-refractivity contribution in [2.24, 2.45) is 5.92 Å². The predicted octanol–water partition coefficient (Wildman–Crippen LogP) is 3.28. The highest BCUT2D eigenvalue weighted by Gasteiger charge is 2.34. The standard InChI is InChI=1S/C21H25N3O5S/c1-15-4-7-18(8-5-15)22(3)21(25)17-10-12-23(13-11-17)30(28,29)20-14-19(24(26)27)9-6-16(20)2/h4-9,14,17H,10-13H2,1-3H3. The molecule has 1 fully saturated rings. The summed E-state index contributed by atoms with van der Waals surface area (Å²) in [4.78, 5) is 24.9. The molecule has 1 aliphatic heterocycles. The molecule has 1 saturated heterocycles. The molecule has 160 valence electrons. The zero-order valence-electron chi connectivity index (χ0n) is 17.2. The van der Waals surface area contributed by atoms with Gasteiger partial charge in [0.1, 0.15) is 0 Å². The van der Waals surface area contributed by atoms with Gasteiger partial charge in [-0.25, -0.2) is 8.42 Å². The number of anilines is 1. The van der Waals surface area contributed by atoms with Gasteiger partial charge in [-0.05, 0) is 44.4 Å². The number of aryl methyl sites for hydroxylation is 2. The first kappa shape index (κ1) is 21.9. The number of carbonyl (C=O) groups excluding carboxylic acids is 1. The summed E-state index contributed by atoms with van der Waals surface area (Å²) >= 11 is 0. The zero-order chi connectivity index (χ0) is 22.1. The fourth-order valence-corrected chi connectivity index (χ4v) is 5.35. The van der Waals surface area contributed by atoms with Crippen molar-refractivity contribution in [3.05, 3.63) is 63.7 Å². The van der Waals surface area contributed by atoms with E-state index in [4.69, 9.17) is 0 Å². The number of sulfonamides is 1. The Morgan fingerprint density at radius 2 is 1.70 bits per heavy atom. The molecular formula is C21H25N3O5S. The van der Waals surface area contributed by atoms with Crippen LogP contribution < -0.4 is 4.90 Å². The van der Waals surface area contributed by atoms with Gasteiger partial charge in [-0.3, -0.25) is 14.9 Å². The number of nitro groups is 1. The zero-order valence-corrected chi connectivity index (χ0v) is 18.1. The maximum absolute atomic E-state index is 13.1. The molecule has 1 amide bonds. The number of hydrogen-bond acceptors (Lipinski definition) is 5. The first-order valence-electron chi connectivity index (χ1n) is 9.70. The number of rotatable bonds is 5. The number of nitrogens with zero attached hydrogens (tertiary/aromatic N) is 3. The molecule has 9 heteroatoms. The van der Waals surface area contributed by atoms with Crippen molar-refractivity contribution in [2.45, 2.75) is 31.6 Å². The Labute approximate surface area is 176 Å². The van der Waals surface area contributed by atoms with Crippen LogP contribution in [0.1, 0.15) is 24.0 Å². The summed E-state index contributed by atoms with van der Waals surface area (Å²) in [5.41, 5.74) is 2.10. The van der Waals surface area contributed by atoms with Crippen molar-refractivity contribution in [2.75, 3.05) is 25.0 Å². The van der Waals surface area contributed by atoms with Crippen molar-refractivity contribution >= 4 is 27.3 Å². The quantitative estimate of drug-likeness (QED) is 0.534. The molecule has 0 spiro atoms. The molecule has 0 atom stereocenters. The Kier molecular flexibility index (Phi) is 6.23. The van der Waals surface area contributed by atoms with Crippen LogP contribution in [0, 0.1) is 29.9 Å². The lowest BCUT2D eigenvalue weighted by molar-refractivity contribution is -0.385. The van der Waals surface area contributed by atoms with E-state index in [-0.39, 0.29) is 35.5 Å². The predicted molar refractivity (Wildman–Crippen MR) is 114 cm³/mol. The summed E-state index contributed by atoms with van der Waals surface area (Å²) in [6.07, 6.45) is 0.810. The van der Waals surface area contributed by atoms with E-state index in [0.29, 0.717) is 18.4 Å². The maximum atomic E-state index is 13.1. The topological polar surface area (TPSA) is 101 Å². The second kappa shape index (κ2) is 8.53. The van der Waals surface area contributed by atoms with E-state index in [9.17, 15) is 23.3 Å². The van der Waals surface area contributed by atoms with Gasteiger partial charge in [0.15, 0.2) is 0 Å². The van der Waals surface area contributed by atoms with Gasteiger partial charge < -0.3 is 4.90 Å². The number of amides is 1. The number of nitro benzene ring substituents is 1. The molecule has 0 bridgehead atoms. The second-order valence-corrected chi connectivity index (χ2v) is 9.52. The third kappa shape index (κ3) is 4.36. The maximum Gasteiger partial charge on any atom is 0.270 e. The van der Waals surface area contributed by atoms with Crippen LogP contribution >= 0.6 is 0 Å². The molecule has 0 unspecified atom stereocenters. The van der Waals surface area contributed by atoms with Crippen molar-refractivity contribution in [1.82, 2.24) is 4.31 Å². The largest absolute Gasteiger partial charge is 0.315 e. The first-order chi connectivity index (χ1) is 14.1. The van der Waals surface area contributed by atoms with Crippen LogP contribution in [0.15, 0.2) is 47.4 Å². The molecule has 3 rings (SSSR count). The average molecular weight is 432 g/mol. The van der Waals surface area contributed by atoms with Crippen LogP contribution in [0.25, 0.3) is 0 Å². The van der Waals surface area contributed by atoms with Crippen molar-refractivity contribution < 1.29 is 18.1 Å². The van der Waals surface area contributed by atoms with E-state index in [2.05, 4.69) is 0 Å². The monoisotopic (exact) mass is 431 g/mol. The average Bonchev–Trinajstić information content (AvgIpc) is 2.73. The molecule has 0 N–H and O–H groups in total. The van der Waals surface area contributed by atoms with E-state index in [0.717, 1.165) is 17.3 Å². The lowest BCUT2D eigenvalue weighted by atomic mass is 9.96. The molecule has 0 saturated carbocycles. The van der Waals surface area contributed by atoms with E-state index >= 15 is 0 Å². The third-order valence-corrected chi connectivity index (χ3v) is 7.60. The Morgan fingerprint density at radius 1 is 1.10 bits per heavy atom. The minimum absolute atomic E-state index is 0.0394. The molecule has 1 heterocycles. The number of benzene rings is 2. The van der Waals surface area contributed by atoms with Crippen LogP contribution in [0.2, 0.25) is 0 Å². The molecule has 8 nitrogen and oxygen atoms in total. The smallest absolute Gasteiger partial charge is 0.270 e. The molecule has 0 aromatic heterocycles. The van der Waals surface area contributed by atoms with Crippen LogP contribution in [0.5, 0.6) is 0 Å². The van der Waals surface area contributed by atoms with Gasteiger partial charge in [-0.2, -0.15) is 4.31 Å². The Balaban J connectivity index is 1.72. The van der Waals surface area contributed by atoms with Gasteiger partial charge in [0.25, 0.3) is 5.69 Å². The van der Waals surface area contributed by atoms with Gasteiger partial charge in [-0.15, -0.1) is 0 Å². The van der Waals surface area contributed by atoms with E-state index < -0.39 is 14.9 Å². The first-order valence-corrected chi connectivity index (χ1v) is 11.1. The Hall–Kier alpha value is -2.78. The van der Waals surface area contributed by atoms with Crippen molar-refractivity contribution in [1.29, 1.82) is 0 Å². The number of carbonyl (C=O) groups is 1. The van der Waals surface area contributed by atoms with Gasteiger partial charge >= 0.3 is 0 Å². The van der Waals surface area contributed by atoms with Gasteiger partial charge in [0, 0.05) is 43.9 Å². The van der Waals surface area contributed by atoms with Crippen LogP contribution in [-0.4, -0.2) is 43.7 Å².